The van der Waals surface area contributed by atoms with E-state index >= 15 is 0 Å². The van der Waals surface area contributed by atoms with E-state index in [1.54, 1.807) is 0 Å². The smallest absolute Gasteiger partial charge is 0.122 e. The second-order valence-corrected chi connectivity index (χ2v) is 5.84. The summed E-state index contributed by atoms with van der Waals surface area (Å²) in [6.07, 6.45) is 1.96. The molecule has 98 valence electrons. The fraction of sp³-hybridized carbons (Fsp3) is 0.250. The highest BCUT2D eigenvalue weighted by Gasteiger charge is 2.11. The molecule has 3 heteroatoms. The summed E-state index contributed by atoms with van der Waals surface area (Å²) in [5, 5.41) is 0. The molecule has 0 atom stereocenters. The highest BCUT2D eigenvalue weighted by atomic mass is 127. The Balaban J connectivity index is 1.56. The summed E-state index contributed by atoms with van der Waals surface area (Å²) in [6.45, 7) is 1.53. The molecule has 19 heavy (non-hydrogen) atoms. The normalized spacial score (nSPS) is 12.9. The van der Waals surface area contributed by atoms with Crippen LogP contribution in [0, 0.1) is 3.57 Å². The van der Waals surface area contributed by atoms with Crippen molar-refractivity contribution in [2.24, 2.45) is 0 Å². The van der Waals surface area contributed by atoms with E-state index in [1.165, 1.54) is 14.7 Å². The van der Waals surface area contributed by atoms with Gasteiger partial charge in [0.05, 0.1) is 13.2 Å². The van der Waals surface area contributed by atoms with Gasteiger partial charge in [0.15, 0.2) is 0 Å². The van der Waals surface area contributed by atoms with Crippen LogP contribution in [0.15, 0.2) is 42.5 Å². The highest BCUT2D eigenvalue weighted by molar-refractivity contribution is 14.1. The third kappa shape index (κ3) is 3.21. The van der Waals surface area contributed by atoms with E-state index in [-0.39, 0.29) is 0 Å². The van der Waals surface area contributed by atoms with Gasteiger partial charge >= 0.3 is 0 Å². The molecule has 3 rings (SSSR count). The predicted molar refractivity (Wildman–Crippen MR) is 84.0 cm³/mol. The summed E-state index contributed by atoms with van der Waals surface area (Å²) in [5.41, 5.74) is 2.64. The molecule has 2 aromatic carbocycles. The first kappa shape index (κ1) is 12.8. The first-order chi connectivity index (χ1) is 9.31. The standard InChI is InChI=1S/C16H15IO2/c17-14-2-4-15(5-3-14)18-9-7-12-1-6-16-13(11-12)8-10-19-16/h1-6,11H,7-10H2. The molecule has 0 aliphatic carbocycles. The molecule has 0 bridgehead atoms. The van der Waals surface area contributed by atoms with Crippen molar-refractivity contribution in [1.82, 2.24) is 0 Å². The van der Waals surface area contributed by atoms with Gasteiger partial charge in [-0.2, -0.15) is 0 Å². The summed E-state index contributed by atoms with van der Waals surface area (Å²) in [5.74, 6) is 1.98. The molecule has 0 fully saturated rings. The fourth-order valence-electron chi connectivity index (χ4n) is 2.21. The predicted octanol–water partition coefficient (Wildman–Crippen LogP) is 3.85. The number of hydrogen-bond donors (Lipinski definition) is 0. The lowest BCUT2D eigenvalue weighted by atomic mass is 10.1. The SMILES string of the molecule is Ic1ccc(OCCc2ccc3c(c2)CCO3)cc1. The van der Waals surface area contributed by atoms with E-state index < -0.39 is 0 Å². The van der Waals surface area contributed by atoms with Gasteiger partial charge in [-0.3, -0.25) is 0 Å². The van der Waals surface area contributed by atoms with Gasteiger partial charge in [0.25, 0.3) is 0 Å². The summed E-state index contributed by atoms with van der Waals surface area (Å²) in [6, 6.07) is 14.6. The number of hydrogen-bond acceptors (Lipinski definition) is 2. The molecule has 0 spiro atoms. The van der Waals surface area contributed by atoms with Gasteiger partial charge < -0.3 is 9.47 Å². The van der Waals surface area contributed by atoms with Crippen LogP contribution >= 0.6 is 22.6 Å². The Morgan fingerprint density at radius 2 is 1.95 bits per heavy atom. The van der Waals surface area contributed by atoms with Gasteiger partial charge in [-0.05, 0) is 64.0 Å². The van der Waals surface area contributed by atoms with Crippen LogP contribution in [0.3, 0.4) is 0 Å². The van der Waals surface area contributed by atoms with Crippen LogP contribution in [-0.4, -0.2) is 13.2 Å². The third-order valence-electron chi connectivity index (χ3n) is 3.23. The van der Waals surface area contributed by atoms with E-state index in [1.807, 2.05) is 12.1 Å². The average Bonchev–Trinajstić information content (AvgIpc) is 2.88. The molecular formula is C16H15IO2. The molecule has 0 saturated carbocycles. The second-order valence-electron chi connectivity index (χ2n) is 4.59. The monoisotopic (exact) mass is 366 g/mol. The fourth-order valence-corrected chi connectivity index (χ4v) is 2.57. The lowest BCUT2D eigenvalue weighted by molar-refractivity contribution is 0.322. The number of ether oxygens (including phenoxy) is 2. The van der Waals surface area contributed by atoms with Crippen LogP contribution in [-0.2, 0) is 12.8 Å². The number of fused-ring (bicyclic) bond motifs is 1. The molecule has 0 saturated heterocycles. The Morgan fingerprint density at radius 3 is 2.79 bits per heavy atom. The molecule has 0 radical (unpaired) electrons. The maximum atomic E-state index is 5.75. The van der Waals surface area contributed by atoms with Crippen molar-refractivity contribution in [2.45, 2.75) is 12.8 Å². The number of benzene rings is 2. The Hall–Kier alpha value is -1.23. The van der Waals surface area contributed by atoms with Crippen LogP contribution in [0.4, 0.5) is 0 Å². The zero-order chi connectivity index (χ0) is 13.1. The van der Waals surface area contributed by atoms with Crippen molar-refractivity contribution < 1.29 is 9.47 Å². The molecule has 0 amide bonds. The summed E-state index contributed by atoms with van der Waals surface area (Å²) in [7, 11) is 0. The largest absolute Gasteiger partial charge is 0.493 e. The maximum Gasteiger partial charge on any atom is 0.122 e. The van der Waals surface area contributed by atoms with E-state index in [0.717, 1.165) is 30.9 Å². The average molecular weight is 366 g/mol. The highest BCUT2D eigenvalue weighted by Crippen LogP contribution is 2.26. The number of halogens is 1. The van der Waals surface area contributed by atoms with Crippen LogP contribution in [0.1, 0.15) is 11.1 Å². The quantitative estimate of drug-likeness (QED) is 0.766. The minimum absolute atomic E-state index is 0.709. The molecule has 0 unspecified atom stereocenters. The van der Waals surface area contributed by atoms with Gasteiger partial charge in [-0.1, -0.05) is 12.1 Å². The van der Waals surface area contributed by atoms with Gasteiger partial charge in [0.1, 0.15) is 11.5 Å². The van der Waals surface area contributed by atoms with Crippen LogP contribution in [0.2, 0.25) is 0 Å². The first-order valence-corrected chi connectivity index (χ1v) is 7.52. The zero-order valence-electron chi connectivity index (χ0n) is 10.6. The van der Waals surface area contributed by atoms with Crippen molar-refractivity contribution in [1.29, 1.82) is 0 Å². The Labute approximate surface area is 126 Å². The Kier molecular flexibility index (Phi) is 3.92. The molecule has 2 nitrogen and oxygen atoms in total. The van der Waals surface area contributed by atoms with E-state index in [0.29, 0.717) is 6.61 Å². The lowest BCUT2D eigenvalue weighted by Gasteiger charge is -2.07. The topological polar surface area (TPSA) is 18.5 Å². The van der Waals surface area contributed by atoms with Crippen molar-refractivity contribution in [3.8, 4) is 11.5 Å². The molecule has 0 aromatic heterocycles. The minimum atomic E-state index is 0.709. The summed E-state index contributed by atoms with van der Waals surface area (Å²) >= 11 is 2.29. The van der Waals surface area contributed by atoms with Crippen LogP contribution in [0.25, 0.3) is 0 Å². The Morgan fingerprint density at radius 1 is 1.11 bits per heavy atom. The number of rotatable bonds is 4. The van der Waals surface area contributed by atoms with Crippen LogP contribution in [0.5, 0.6) is 11.5 Å². The molecular weight excluding hydrogens is 351 g/mol. The van der Waals surface area contributed by atoms with Gasteiger partial charge in [0, 0.05) is 16.4 Å². The lowest BCUT2D eigenvalue weighted by Crippen LogP contribution is -2.01. The molecule has 1 aliphatic rings. The summed E-state index contributed by atoms with van der Waals surface area (Å²) < 4.78 is 12.5. The molecule has 2 aromatic rings. The van der Waals surface area contributed by atoms with E-state index in [9.17, 15) is 0 Å². The van der Waals surface area contributed by atoms with Gasteiger partial charge in [-0.15, -0.1) is 0 Å². The molecule has 1 heterocycles. The molecule has 1 aliphatic heterocycles. The van der Waals surface area contributed by atoms with Gasteiger partial charge in [0.2, 0.25) is 0 Å². The van der Waals surface area contributed by atoms with E-state index in [4.69, 9.17) is 9.47 Å². The maximum absolute atomic E-state index is 5.75. The van der Waals surface area contributed by atoms with E-state index in [2.05, 4.69) is 52.9 Å². The second kappa shape index (κ2) is 5.82. The van der Waals surface area contributed by atoms with Crippen molar-refractivity contribution in [2.75, 3.05) is 13.2 Å². The van der Waals surface area contributed by atoms with Crippen molar-refractivity contribution in [3.63, 3.8) is 0 Å². The van der Waals surface area contributed by atoms with Crippen LogP contribution < -0.4 is 9.47 Å². The van der Waals surface area contributed by atoms with Gasteiger partial charge in [-0.25, -0.2) is 0 Å². The zero-order valence-corrected chi connectivity index (χ0v) is 12.7. The third-order valence-corrected chi connectivity index (χ3v) is 3.95. The Bertz CT molecular complexity index is 563. The van der Waals surface area contributed by atoms with Crippen molar-refractivity contribution >= 4 is 22.6 Å². The minimum Gasteiger partial charge on any atom is -0.493 e. The van der Waals surface area contributed by atoms with Crippen molar-refractivity contribution in [3.05, 3.63) is 57.2 Å². The first-order valence-electron chi connectivity index (χ1n) is 6.44. The summed E-state index contributed by atoms with van der Waals surface area (Å²) in [4.78, 5) is 0. The molecule has 0 N–H and O–H groups in total.